The molecule has 1 fully saturated rings. The number of non-ortho nitro benzene ring substituents is 1. The number of fused-ring (bicyclic) bond motifs is 2. The lowest BCUT2D eigenvalue weighted by molar-refractivity contribution is -0.383. The molecule has 0 saturated carbocycles. The number of hydrogen-bond donors (Lipinski definition) is 1. The summed E-state index contributed by atoms with van der Waals surface area (Å²) in [5.74, 6) is 0.625. The summed E-state index contributed by atoms with van der Waals surface area (Å²) in [4.78, 5) is 30.3. The molecule has 9 heteroatoms. The van der Waals surface area contributed by atoms with Crippen molar-refractivity contribution in [1.29, 1.82) is 0 Å². The zero-order valence-corrected chi connectivity index (χ0v) is 21.2. The number of likely N-dealkylation sites (tertiary alicyclic amines) is 1. The van der Waals surface area contributed by atoms with Crippen molar-refractivity contribution in [2.45, 2.75) is 51.8 Å². The van der Waals surface area contributed by atoms with Gasteiger partial charge in [0.1, 0.15) is 16.9 Å². The van der Waals surface area contributed by atoms with Gasteiger partial charge in [-0.3, -0.25) is 20.0 Å². The van der Waals surface area contributed by atoms with E-state index in [0.29, 0.717) is 17.7 Å². The molecule has 2 aromatic heterocycles. The van der Waals surface area contributed by atoms with E-state index < -0.39 is 11.7 Å². The molecule has 1 N–H and O–H groups in total. The zero-order valence-electron chi connectivity index (χ0n) is 21.2. The van der Waals surface area contributed by atoms with Crippen molar-refractivity contribution in [2.24, 2.45) is 0 Å². The number of nitro benzene ring substituents is 1. The lowest BCUT2D eigenvalue weighted by Crippen LogP contribution is -2.45. The first kappa shape index (κ1) is 24.7. The molecule has 4 aromatic rings. The molecule has 3 heterocycles. The van der Waals surface area contributed by atoms with Crippen molar-refractivity contribution in [1.82, 2.24) is 15.2 Å². The second-order valence-corrected chi connectivity index (χ2v) is 10.5. The molecule has 0 spiro atoms. The van der Waals surface area contributed by atoms with Gasteiger partial charge in [0, 0.05) is 60.5 Å². The van der Waals surface area contributed by atoms with E-state index in [0.717, 1.165) is 53.4 Å². The van der Waals surface area contributed by atoms with Gasteiger partial charge in [-0.15, -0.1) is 0 Å². The van der Waals surface area contributed by atoms with E-state index in [2.05, 4.69) is 15.2 Å². The molecule has 5 rings (SSSR count). The molecule has 1 aliphatic rings. The van der Waals surface area contributed by atoms with Gasteiger partial charge >= 0.3 is 6.09 Å². The number of nitrogens with zero attached hydrogens (tertiary/aromatic N) is 3. The second-order valence-electron chi connectivity index (χ2n) is 10.5. The Bertz CT molecular complexity index is 1430. The number of furan rings is 1. The first-order valence-corrected chi connectivity index (χ1v) is 12.4. The molecule has 1 amide bonds. The van der Waals surface area contributed by atoms with Gasteiger partial charge in [0.05, 0.1) is 10.3 Å². The fourth-order valence-electron chi connectivity index (χ4n) is 4.83. The van der Waals surface area contributed by atoms with Crippen molar-refractivity contribution in [2.75, 3.05) is 13.1 Å². The number of carbonyl (C=O) groups is 1. The molecule has 0 atom stereocenters. The first-order chi connectivity index (χ1) is 17.7. The van der Waals surface area contributed by atoms with E-state index in [9.17, 15) is 14.9 Å². The van der Waals surface area contributed by atoms with Gasteiger partial charge in [0.2, 0.25) is 0 Å². The van der Waals surface area contributed by atoms with E-state index in [1.165, 1.54) is 6.20 Å². The van der Waals surface area contributed by atoms with Crippen LogP contribution in [0.4, 0.5) is 10.5 Å². The molecule has 0 radical (unpaired) electrons. The minimum absolute atomic E-state index is 0.0273. The number of amides is 1. The number of ether oxygens (including phenoxy) is 1. The number of nitrogens with one attached hydrogen (secondary N) is 1. The molecule has 37 heavy (non-hydrogen) atoms. The number of aromatic nitrogens is 1. The van der Waals surface area contributed by atoms with Crippen LogP contribution in [0.15, 0.2) is 59.3 Å². The third kappa shape index (κ3) is 5.56. The Balaban J connectivity index is 1.38. The number of benzene rings is 2. The lowest BCUT2D eigenvalue weighted by atomic mass is 10.00. The van der Waals surface area contributed by atoms with Crippen LogP contribution >= 0.6 is 0 Å². The van der Waals surface area contributed by atoms with E-state index in [4.69, 9.17) is 9.15 Å². The van der Waals surface area contributed by atoms with Crippen LogP contribution in [0.25, 0.3) is 33.1 Å². The van der Waals surface area contributed by atoms with Crippen molar-refractivity contribution >= 4 is 33.5 Å². The lowest BCUT2D eigenvalue weighted by Gasteiger charge is -2.32. The topological polar surface area (TPSA) is 111 Å². The van der Waals surface area contributed by atoms with Gasteiger partial charge < -0.3 is 14.5 Å². The van der Waals surface area contributed by atoms with E-state index in [1.54, 1.807) is 12.3 Å². The Morgan fingerprint density at radius 2 is 1.92 bits per heavy atom. The van der Waals surface area contributed by atoms with Crippen LogP contribution in [0.2, 0.25) is 0 Å². The summed E-state index contributed by atoms with van der Waals surface area (Å²) in [6, 6.07) is 13.3. The van der Waals surface area contributed by atoms with Crippen LogP contribution in [0.3, 0.4) is 0 Å². The normalized spacial score (nSPS) is 15.2. The van der Waals surface area contributed by atoms with Crippen molar-refractivity contribution in [3.8, 4) is 11.3 Å². The Hall–Kier alpha value is -3.98. The molecular weight excluding hydrogens is 472 g/mol. The molecule has 0 unspecified atom stereocenters. The van der Waals surface area contributed by atoms with Gasteiger partial charge in [-0.25, -0.2) is 4.79 Å². The minimum atomic E-state index is -0.535. The summed E-state index contributed by atoms with van der Waals surface area (Å²) in [5.41, 5.74) is 1.81. The van der Waals surface area contributed by atoms with Crippen LogP contribution < -0.4 is 5.32 Å². The van der Waals surface area contributed by atoms with E-state index in [-0.39, 0.29) is 16.7 Å². The maximum Gasteiger partial charge on any atom is 0.407 e. The van der Waals surface area contributed by atoms with Crippen LogP contribution in [-0.2, 0) is 11.3 Å². The number of pyridine rings is 1. The summed E-state index contributed by atoms with van der Waals surface area (Å²) in [6.07, 6.45) is 4.40. The third-order valence-electron chi connectivity index (χ3n) is 6.52. The number of rotatable bonds is 5. The van der Waals surface area contributed by atoms with Gasteiger partial charge in [0.25, 0.3) is 5.69 Å². The van der Waals surface area contributed by atoms with E-state index in [1.807, 2.05) is 57.2 Å². The highest BCUT2D eigenvalue weighted by atomic mass is 16.6. The quantitative estimate of drug-likeness (QED) is 0.261. The summed E-state index contributed by atoms with van der Waals surface area (Å²) < 4.78 is 11.4. The monoisotopic (exact) mass is 502 g/mol. The number of nitro groups is 1. The smallest absolute Gasteiger partial charge is 0.407 e. The number of alkyl carbamates (subject to hydrolysis) is 1. The standard InChI is InChI=1S/C28H30N4O5/c1-28(2,3)37-27(33)30-20-8-10-31(11-9-20)17-18-12-21-22(24(13-18)32(34)35)15-29-16-23(21)26-14-19-6-4-5-7-25(19)36-26/h4-7,12-16,20H,8-11,17H2,1-3H3,(H,30,33). The predicted molar refractivity (Wildman–Crippen MR) is 141 cm³/mol. The van der Waals surface area contributed by atoms with Gasteiger partial charge in [-0.2, -0.15) is 0 Å². The predicted octanol–water partition coefficient (Wildman–Crippen LogP) is 6.05. The fraction of sp³-hybridized carbons (Fsp3) is 0.357. The molecule has 0 aliphatic carbocycles. The molecule has 9 nitrogen and oxygen atoms in total. The highest BCUT2D eigenvalue weighted by Gasteiger charge is 2.25. The third-order valence-corrected chi connectivity index (χ3v) is 6.52. The Morgan fingerprint density at radius 1 is 1.16 bits per heavy atom. The Morgan fingerprint density at radius 3 is 2.62 bits per heavy atom. The number of para-hydroxylation sites is 1. The molecule has 0 bridgehead atoms. The zero-order chi connectivity index (χ0) is 26.2. The molecule has 192 valence electrons. The summed E-state index contributed by atoms with van der Waals surface area (Å²) in [5, 5.41) is 17.1. The molecular formula is C28H30N4O5. The fourth-order valence-corrected chi connectivity index (χ4v) is 4.83. The largest absolute Gasteiger partial charge is 0.456 e. The highest BCUT2D eigenvalue weighted by molar-refractivity contribution is 6.01. The first-order valence-electron chi connectivity index (χ1n) is 12.4. The molecule has 1 saturated heterocycles. The minimum Gasteiger partial charge on any atom is -0.456 e. The maximum absolute atomic E-state index is 12.1. The van der Waals surface area contributed by atoms with Crippen molar-refractivity contribution in [3.63, 3.8) is 0 Å². The Kier molecular flexibility index (Phi) is 6.55. The molecule has 2 aromatic carbocycles. The van der Waals surface area contributed by atoms with Gasteiger partial charge in [-0.05, 0) is 57.4 Å². The number of piperidine rings is 1. The Labute approximate surface area is 214 Å². The van der Waals surface area contributed by atoms with E-state index >= 15 is 0 Å². The van der Waals surface area contributed by atoms with Gasteiger partial charge in [-0.1, -0.05) is 18.2 Å². The summed E-state index contributed by atoms with van der Waals surface area (Å²) in [6.45, 7) is 7.62. The number of carbonyl (C=O) groups excluding carboxylic acids is 1. The van der Waals surface area contributed by atoms with Gasteiger partial charge in [0.15, 0.2) is 0 Å². The number of hydrogen-bond acceptors (Lipinski definition) is 7. The van der Waals surface area contributed by atoms with Crippen LogP contribution in [0.1, 0.15) is 39.2 Å². The van der Waals surface area contributed by atoms with Crippen molar-refractivity contribution in [3.05, 3.63) is 70.5 Å². The molecule has 1 aliphatic heterocycles. The van der Waals surface area contributed by atoms with Crippen molar-refractivity contribution < 1.29 is 18.9 Å². The van der Waals surface area contributed by atoms with Crippen LogP contribution in [0.5, 0.6) is 0 Å². The summed E-state index contributed by atoms with van der Waals surface area (Å²) >= 11 is 0. The average Bonchev–Trinajstić information content (AvgIpc) is 3.27. The summed E-state index contributed by atoms with van der Waals surface area (Å²) in [7, 11) is 0. The SMILES string of the molecule is CC(C)(C)OC(=O)NC1CCN(Cc2cc([N+](=O)[O-])c3cncc(-c4cc5ccccc5o4)c3c2)CC1. The average molecular weight is 503 g/mol. The van der Waals surface area contributed by atoms with Crippen LogP contribution in [-0.4, -0.2) is 45.6 Å². The maximum atomic E-state index is 12.1. The van der Waals surface area contributed by atoms with Crippen LogP contribution in [0, 0.1) is 10.1 Å². The second kappa shape index (κ2) is 9.82. The highest BCUT2D eigenvalue weighted by Crippen LogP contribution is 2.36.